The molecule has 4 amide bonds. The van der Waals surface area contributed by atoms with E-state index in [0.717, 1.165) is 0 Å². The zero-order chi connectivity index (χ0) is 40.2. The van der Waals surface area contributed by atoms with Gasteiger partial charge in [-0.2, -0.15) is 0 Å². The number of carbonyl (C=O) groups excluding carboxylic acids is 4. The van der Waals surface area contributed by atoms with Crippen LogP contribution in [0.25, 0.3) is 0 Å². The summed E-state index contributed by atoms with van der Waals surface area (Å²) in [7, 11) is 6.36. The Morgan fingerprint density at radius 1 is 0.962 bits per heavy atom. The number of ether oxygens (including phenoxy) is 2. The maximum absolute atomic E-state index is 14.3. The van der Waals surface area contributed by atoms with E-state index in [1.807, 2.05) is 41.5 Å². The van der Waals surface area contributed by atoms with Gasteiger partial charge in [-0.3, -0.25) is 19.2 Å². The Kier molecular flexibility index (Phi) is 18.3. The maximum Gasteiger partial charge on any atom is 0.326 e. The minimum atomic E-state index is -1.37. The summed E-state index contributed by atoms with van der Waals surface area (Å²) in [6.07, 6.45) is 0.190. The van der Waals surface area contributed by atoms with Crippen LogP contribution in [0, 0.1) is 29.5 Å². The lowest BCUT2D eigenvalue weighted by atomic mass is 9.89. The van der Waals surface area contributed by atoms with Crippen molar-refractivity contribution in [3.05, 3.63) is 35.6 Å². The molecule has 1 saturated heterocycles. The van der Waals surface area contributed by atoms with Crippen molar-refractivity contribution in [1.82, 2.24) is 25.8 Å². The molecular weight excluding hydrogens is 685 g/mol. The number of benzene rings is 1. The third-order valence-corrected chi connectivity index (χ3v) is 10.7. The van der Waals surface area contributed by atoms with Gasteiger partial charge in [-0.05, 0) is 49.3 Å². The average Bonchev–Trinajstić information content (AvgIpc) is 3.60. The largest absolute Gasteiger partial charge is 0.480 e. The highest BCUT2D eigenvalue weighted by molar-refractivity contribution is 5.90. The molecule has 1 aromatic carbocycles. The predicted molar refractivity (Wildman–Crippen MR) is 200 cm³/mol. The van der Waals surface area contributed by atoms with Gasteiger partial charge >= 0.3 is 5.97 Å². The van der Waals surface area contributed by atoms with Crippen LogP contribution in [0.1, 0.15) is 79.7 Å². The predicted octanol–water partition coefficient (Wildman–Crippen LogP) is 3.24. The highest BCUT2D eigenvalue weighted by Gasteiger charge is 2.43. The molecule has 0 spiro atoms. The Hall–Kier alpha value is -3.62. The third-order valence-electron chi connectivity index (χ3n) is 10.7. The molecule has 300 valence electrons. The number of rotatable bonds is 21. The first-order valence-corrected chi connectivity index (χ1v) is 18.8. The van der Waals surface area contributed by atoms with Gasteiger partial charge in [0, 0.05) is 34.2 Å². The van der Waals surface area contributed by atoms with E-state index in [1.165, 1.54) is 32.4 Å². The molecule has 1 unspecified atom stereocenters. The lowest BCUT2D eigenvalue weighted by molar-refractivity contribution is -0.148. The first-order valence-electron chi connectivity index (χ1n) is 18.8. The number of carboxylic acids is 1. The number of nitrogens with zero attached hydrogens (tertiary/aromatic N) is 2. The summed E-state index contributed by atoms with van der Waals surface area (Å²) in [5.41, 5.74) is 0.164. The van der Waals surface area contributed by atoms with Crippen molar-refractivity contribution in [2.75, 3.05) is 34.9 Å². The number of nitrogens with one attached hydrogen (secondary N) is 3. The van der Waals surface area contributed by atoms with Crippen molar-refractivity contribution in [1.29, 1.82) is 0 Å². The lowest BCUT2D eigenvalue weighted by Crippen LogP contribution is -2.59. The van der Waals surface area contributed by atoms with Crippen molar-refractivity contribution in [2.45, 2.75) is 123 Å². The number of hydrogen-bond acceptors (Lipinski definition) is 8. The Labute approximate surface area is 315 Å². The van der Waals surface area contributed by atoms with Gasteiger partial charge < -0.3 is 40.3 Å². The maximum atomic E-state index is 14.3. The third kappa shape index (κ3) is 11.9. The molecule has 13 nitrogen and oxygen atoms in total. The Morgan fingerprint density at radius 2 is 1.58 bits per heavy atom. The Balaban J connectivity index is 2.27. The summed E-state index contributed by atoms with van der Waals surface area (Å²) >= 11 is 0. The zero-order valence-electron chi connectivity index (χ0n) is 33.5. The van der Waals surface area contributed by atoms with E-state index in [-0.39, 0.29) is 53.9 Å². The minimum Gasteiger partial charge on any atom is -0.480 e. The summed E-state index contributed by atoms with van der Waals surface area (Å²) in [6, 6.07) is 2.18. The standard InChI is InChI=1S/C39H64FN5O8/c1-12-24(6)34(44(9)38(49)33(23(4)5)43-37(48)32(41-8)22(2)3)30(52-10)21-31(46)45-19-15-18-29(45)35(53-11)25(7)36(47)42-28(39(50)51)20-26-16-13-14-17-27(26)40/h13-14,16-17,22-25,28-30,32-35,41H,12,15,18-21H2,1-11H3,(H,42,47)(H,43,48)(H,50,51)/t24-,25+,28?,29-,30+,32-,33-,34-,35+/m0/s1. The number of amides is 4. The van der Waals surface area contributed by atoms with E-state index >= 15 is 0 Å². The smallest absolute Gasteiger partial charge is 0.326 e. The summed E-state index contributed by atoms with van der Waals surface area (Å²) in [5, 5.41) is 18.4. The molecule has 1 fully saturated rings. The van der Waals surface area contributed by atoms with Crippen molar-refractivity contribution < 1.29 is 42.9 Å². The van der Waals surface area contributed by atoms with E-state index in [9.17, 15) is 33.5 Å². The van der Waals surface area contributed by atoms with Crippen LogP contribution in [0.15, 0.2) is 24.3 Å². The number of carbonyl (C=O) groups is 5. The van der Waals surface area contributed by atoms with Gasteiger partial charge in [0.1, 0.15) is 17.9 Å². The van der Waals surface area contributed by atoms with E-state index in [4.69, 9.17) is 9.47 Å². The minimum absolute atomic E-state index is 0.00844. The topological polar surface area (TPSA) is 167 Å². The SMILES string of the molecule is CC[C@H](C)[C@@H]([C@@H](CC(=O)N1CCC[C@H]1[C@H](OC)[C@@H](C)C(=O)NC(Cc1ccccc1F)C(=O)O)OC)N(C)C(=O)[C@@H](NC(=O)[C@@H](NC)C(C)C)C(C)C. The second-order valence-electron chi connectivity index (χ2n) is 15.0. The number of likely N-dealkylation sites (tertiary alicyclic amines) is 1. The highest BCUT2D eigenvalue weighted by Crippen LogP contribution is 2.30. The molecule has 0 aliphatic carbocycles. The average molecular weight is 750 g/mol. The second kappa shape index (κ2) is 21.3. The van der Waals surface area contributed by atoms with Crippen LogP contribution in [0.3, 0.4) is 0 Å². The van der Waals surface area contributed by atoms with Crippen molar-refractivity contribution in [3.63, 3.8) is 0 Å². The molecule has 9 atom stereocenters. The van der Waals surface area contributed by atoms with Crippen LogP contribution >= 0.6 is 0 Å². The van der Waals surface area contributed by atoms with Gasteiger partial charge in [0.15, 0.2) is 0 Å². The first kappa shape index (κ1) is 45.5. The molecule has 1 aliphatic heterocycles. The van der Waals surface area contributed by atoms with E-state index < -0.39 is 66.0 Å². The van der Waals surface area contributed by atoms with E-state index in [1.54, 1.807) is 36.9 Å². The van der Waals surface area contributed by atoms with Gasteiger partial charge in [-0.1, -0.05) is 73.1 Å². The summed E-state index contributed by atoms with van der Waals surface area (Å²) in [6.45, 7) is 13.7. The molecule has 14 heteroatoms. The van der Waals surface area contributed by atoms with E-state index in [0.29, 0.717) is 25.8 Å². The molecular formula is C39H64FN5O8. The quantitative estimate of drug-likeness (QED) is 0.148. The molecule has 4 N–H and O–H groups in total. The molecule has 1 aromatic rings. The normalized spacial score (nSPS) is 19.1. The van der Waals surface area contributed by atoms with E-state index in [2.05, 4.69) is 16.0 Å². The summed E-state index contributed by atoms with van der Waals surface area (Å²) < 4.78 is 26.1. The fraction of sp³-hybridized carbons (Fsp3) is 0.718. The van der Waals surface area contributed by atoms with Gasteiger partial charge in [0.05, 0.1) is 42.7 Å². The number of carboxylic acid groups (broad SMARTS) is 1. The molecule has 0 bridgehead atoms. The van der Waals surface area contributed by atoms with Crippen LogP contribution in [-0.2, 0) is 39.9 Å². The van der Waals surface area contributed by atoms with Gasteiger partial charge in [0.25, 0.3) is 0 Å². The number of methoxy groups -OCH3 is 2. The Morgan fingerprint density at radius 3 is 2.09 bits per heavy atom. The molecule has 53 heavy (non-hydrogen) atoms. The molecule has 2 rings (SSSR count). The first-order chi connectivity index (χ1) is 24.9. The summed E-state index contributed by atoms with van der Waals surface area (Å²) in [4.78, 5) is 70.2. The van der Waals surface area contributed by atoms with Gasteiger partial charge in [-0.25, -0.2) is 9.18 Å². The number of aliphatic carboxylic acids is 1. The Bertz CT molecular complexity index is 1380. The van der Waals surface area contributed by atoms with Crippen LogP contribution in [0.2, 0.25) is 0 Å². The number of hydrogen-bond donors (Lipinski definition) is 4. The van der Waals surface area contributed by atoms with Crippen LogP contribution < -0.4 is 16.0 Å². The van der Waals surface area contributed by atoms with Crippen molar-refractivity contribution >= 4 is 29.6 Å². The van der Waals surface area contributed by atoms with Crippen LogP contribution in [0.5, 0.6) is 0 Å². The van der Waals surface area contributed by atoms with Crippen LogP contribution in [-0.4, -0.2) is 122 Å². The molecule has 1 heterocycles. The summed E-state index contributed by atoms with van der Waals surface area (Å²) in [5.74, 6) is -4.34. The molecule has 0 radical (unpaired) electrons. The highest BCUT2D eigenvalue weighted by atomic mass is 19.1. The molecule has 1 aliphatic rings. The zero-order valence-corrected chi connectivity index (χ0v) is 33.5. The van der Waals surface area contributed by atoms with Gasteiger partial charge in [0.2, 0.25) is 23.6 Å². The van der Waals surface area contributed by atoms with Crippen molar-refractivity contribution in [3.8, 4) is 0 Å². The van der Waals surface area contributed by atoms with Crippen molar-refractivity contribution in [2.24, 2.45) is 23.7 Å². The lowest BCUT2D eigenvalue weighted by Gasteiger charge is -2.41. The monoisotopic (exact) mass is 749 g/mol. The fourth-order valence-corrected chi connectivity index (χ4v) is 7.44. The molecule has 0 aromatic heterocycles. The van der Waals surface area contributed by atoms with Gasteiger partial charge in [-0.15, -0.1) is 0 Å². The molecule has 0 saturated carbocycles. The second-order valence-corrected chi connectivity index (χ2v) is 15.0. The number of halogens is 1. The van der Waals surface area contributed by atoms with Crippen LogP contribution in [0.4, 0.5) is 4.39 Å². The fourth-order valence-electron chi connectivity index (χ4n) is 7.44. The number of likely N-dealkylation sites (N-methyl/N-ethyl adjacent to an activating group) is 2.